The second-order valence-corrected chi connectivity index (χ2v) is 9.83. The zero-order chi connectivity index (χ0) is 23.9. The number of allylic oxidation sites excluding steroid dienone is 2. The van der Waals surface area contributed by atoms with E-state index >= 15 is 4.39 Å². The summed E-state index contributed by atoms with van der Waals surface area (Å²) in [7, 11) is 0. The van der Waals surface area contributed by atoms with Gasteiger partial charge in [-0.3, -0.25) is 9.59 Å². The molecule has 0 spiro atoms. The van der Waals surface area contributed by atoms with Crippen LogP contribution >= 0.6 is 0 Å². The molecule has 1 heterocycles. The summed E-state index contributed by atoms with van der Waals surface area (Å²) in [6.07, 6.45) is 7.87. The molecule has 5 rings (SSSR count). The molecule has 178 valence electrons. The second kappa shape index (κ2) is 8.99. The van der Waals surface area contributed by atoms with Gasteiger partial charge in [-0.25, -0.2) is 4.39 Å². The number of piperazine rings is 1. The maximum atomic E-state index is 15.1. The van der Waals surface area contributed by atoms with Gasteiger partial charge in [0.1, 0.15) is 5.82 Å². The van der Waals surface area contributed by atoms with Gasteiger partial charge in [0.2, 0.25) is 5.91 Å². The van der Waals surface area contributed by atoms with Gasteiger partial charge in [-0.2, -0.15) is 0 Å². The lowest BCUT2D eigenvalue weighted by atomic mass is 9.76. The van der Waals surface area contributed by atoms with Crippen LogP contribution in [0.5, 0.6) is 0 Å². The molecule has 3 aliphatic rings. The number of aryl methyl sites for hydroxylation is 1. The Morgan fingerprint density at radius 1 is 0.941 bits per heavy atom. The lowest BCUT2D eigenvalue weighted by Gasteiger charge is -2.43. The van der Waals surface area contributed by atoms with Gasteiger partial charge in [-0.05, 0) is 85.4 Å². The predicted molar refractivity (Wildman–Crippen MR) is 132 cm³/mol. The minimum absolute atomic E-state index is 0.0204. The van der Waals surface area contributed by atoms with Crippen LogP contribution in [0.15, 0.2) is 42.5 Å². The van der Waals surface area contributed by atoms with Crippen molar-refractivity contribution in [2.75, 3.05) is 26.2 Å². The first kappa shape index (κ1) is 22.8. The quantitative estimate of drug-likeness (QED) is 0.737. The number of hydrogen-bond acceptors (Lipinski definition) is 3. The van der Waals surface area contributed by atoms with Crippen molar-refractivity contribution in [1.29, 1.82) is 0 Å². The summed E-state index contributed by atoms with van der Waals surface area (Å²) in [6, 6.07) is 11.2. The number of carbonyl (C=O) groups excluding carboxylic acids is 2. The smallest absolute Gasteiger partial charge is 0.256 e. The Kier molecular flexibility index (Phi) is 6.02. The molecule has 2 aromatic rings. The van der Waals surface area contributed by atoms with Crippen molar-refractivity contribution in [1.82, 2.24) is 9.80 Å². The largest absolute Gasteiger partial charge is 0.338 e. The molecule has 34 heavy (non-hydrogen) atoms. The lowest BCUT2D eigenvalue weighted by molar-refractivity contribution is -0.141. The van der Waals surface area contributed by atoms with Crippen LogP contribution < -0.4 is 5.73 Å². The molecule has 2 N–H and O–H groups in total. The van der Waals surface area contributed by atoms with E-state index in [1.807, 2.05) is 12.1 Å². The number of benzene rings is 2. The molecular weight excluding hydrogens is 429 g/mol. The minimum Gasteiger partial charge on any atom is -0.338 e. The van der Waals surface area contributed by atoms with Crippen LogP contribution in [0.2, 0.25) is 0 Å². The van der Waals surface area contributed by atoms with Crippen LogP contribution in [0.3, 0.4) is 0 Å². The van der Waals surface area contributed by atoms with Gasteiger partial charge in [0.05, 0.1) is 11.1 Å². The molecule has 1 saturated heterocycles. The molecule has 0 atom stereocenters. The Morgan fingerprint density at radius 2 is 1.62 bits per heavy atom. The molecule has 1 aliphatic heterocycles. The van der Waals surface area contributed by atoms with Gasteiger partial charge in [0, 0.05) is 26.2 Å². The Morgan fingerprint density at radius 3 is 2.26 bits per heavy atom. The van der Waals surface area contributed by atoms with E-state index < -0.39 is 11.4 Å². The maximum absolute atomic E-state index is 15.1. The van der Waals surface area contributed by atoms with Crippen LogP contribution in [-0.4, -0.2) is 53.3 Å². The summed E-state index contributed by atoms with van der Waals surface area (Å²) in [6.45, 7) is 3.73. The van der Waals surface area contributed by atoms with Crippen LogP contribution in [0, 0.1) is 5.82 Å². The molecule has 2 amide bonds. The monoisotopic (exact) mass is 461 g/mol. The highest BCUT2D eigenvalue weighted by molar-refractivity contribution is 5.95. The Balaban J connectivity index is 1.28. The van der Waals surface area contributed by atoms with E-state index in [0.29, 0.717) is 26.2 Å². The molecule has 5 nitrogen and oxygen atoms in total. The molecule has 0 aromatic heterocycles. The molecular formula is C28H32FN3O2. The number of nitrogens with zero attached hydrogens (tertiary/aromatic N) is 2. The Bertz CT molecular complexity index is 1160. The summed E-state index contributed by atoms with van der Waals surface area (Å²) in [4.78, 5) is 29.0. The van der Waals surface area contributed by atoms with E-state index in [9.17, 15) is 9.59 Å². The average molecular weight is 462 g/mol. The minimum atomic E-state index is -0.723. The standard InChI is InChI=1S/C28H32FN3O2/c1-2-19-5-3-6-22-17-20(7-9-23(19)22)21-8-10-24(25(29)18-21)26(33)31-13-15-32(16-14-31)27(34)28(30)11-4-12-28/h2,7-10,17-18H,3-6,11-16,30H2,1H3. The second-order valence-electron chi connectivity index (χ2n) is 9.83. The highest BCUT2D eigenvalue weighted by Gasteiger charge is 2.43. The van der Waals surface area contributed by atoms with E-state index in [4.69, 9.17) is 5.73 Å². The summed E-state index contributed by atoms with van der Waals surface area (Å²) in [5, 5.41) is 0. The molecule has 0 unspecified atom stereocenters. The topological polar surface area (TPSA) is 66.6 Å². The van der Waals surface area contributed by atoms with Crippen molar-refractivity contribution in [3.05, 3.63) is 65.0 Å². The van der Waals surface area contributed by atoms with Crippen molar-refractivity contribution >= 4 is 17.4 Å². The van der Waals surface area contributed by atoms with Gasteiger partial charge in [-0.1, -0.05) is 30.3 Å². The SMILES string of the molecule is CC=C1CCCc2cc(-c3ccc(C(=O)N4CCN(C(=O)C5(N)CCC5)CC4)c(F)c3)ccc21. The van der Waals surface area contributed by atoms with E-state index in [1.165, 1.54) is 22.8 Å². The van der Waals surface area contributed by atoms with Gasteiger partial charge < -0.3 is 15.5 Å². The first-order valence-electron chi connectivity index (χ1n) is 12.4. The third-order valence-corrected chi connectivity index (χ3v) is 7.75. The maximum Gasteiger partial charge on any atom is 0.256 e. The third-order valence-electron chi connectivity index (χ3n) is 7.75. The number of hydrogen-bond donors (Lipinski definition) is 1. The van der Waals surface area contributed by atoms with Crippen LogP contribution in [0.4, 0.5) is 4.39 Å². The number of nitrogens with two attached hydrogens (primary N) is 1. The Labute approximate surface area is 200 Å². The number of rotatable bonds is 3. The van der Waals surface area contributed by atoms with Crippen LogP contribution in [0.25, 0.3) is 16.7 Å². The zero-order valence-corrected chi connectivity index (χ0v) is 19.8. The fourth-order valence-corrected chi connectivity index (χ4v) is 5.43. The lowest BCUT2D eigenvalue weighted by Crippen LogP contribution is -2.62. The Hall–Kier alpha value is -2.99. The highest BCUT2D eigenvalue weighted by atomic mass is 19.1. The molecule has 0 bridgehead atoms. The predicted octanol–water partition coefficient (Wildman–Crippen LogP) is 4.40. The summed E-state index contributed by atoms with van der Waals surface area (Å²) in [5.74, 6) is -0.860. The molecule has 2 fully saturated rings. The van der Waals surface area contributed by atoms with Gasteiger partial charge in [0.25, 0.3) is 5.91 Å². The zero-order valence-electron chi connectivity index (χ0n) is 19.8. The fourth-order valence-electron chi connectivity index (χ4n) is 5.43. The number of carbonyl (C=O) groups is 2. The van der Waals surface area contributed by atoms with Gasteiger partial charge in [-0.15, -0.1) is 0 Å². The summed E-state index contributed by atoms with van der Waals surface area (Å²) >= 11 is 0. The van der Waals surface area contributed by atoms with Crippen molar-refractivity contribution in [2.45, 2.75) is 51.0 Å². The highest BCUT2D eigenvalue weighted by Crippen LogP contribution is 2.34. The summed E-state index contributed by atoms with van der Waals surface area (Å²) in [5.41, 5.74) is 11.2. The third kappa shape index (κ3) is 4.05. The molecule has 1 saturated carbocycles. The van der Waals surface area contributed by atoms with E-state index in [-0.39, 0.29) is 17.4 Å². The first-order chi connectivity index (χ1) is 16.4. The first-order valence-corrected chi connectivity index (χ1v) is 12.4. The number of fused-ring (bicyclic) bond motifs is 1. The fraction of sp³-hybridized carbons (Fsp3) is 0.429. The van der Waals surface area contributed by atoms with Crippen molar-refractivity contribution in [3.63, 3.8) is 0 Å². The number of halogens is 1. The molecule has 2 aliphatic carbocycles. The van der Waals surface area contributed by atoms with Crippen molar-refractivity contribution in [3.8, 4) is 11.1 Å². The normalized spacial score (nSPS) is 20.6. The molecule has 2 aromatic carbocycles. The molecule has 6 heteroatoms. The van der Waals surface area contributed by atoms with Crippen molar-refractivity contribution in [2.24, 2.45) is 5.73 Å². The van der Waals surface area contributed by atoms with E-state index in [1.54, 1.807) is 15.9 Å². The van der Waals surface area contributed by atoms with Gasteiger partial charge >= 0.3 is 0 Å². The van der Waals surface area contributed by atoms with Crippen LogP contribution in [-0.2, 0) is 11.2 Å². The van der Waals surface area contributed by atoms with E-state index in [2.05, 4.69) is 25.1 Å². The molecule has 0 radical (unpaired) electrons. The number of amides is 2. The summed E-state index contributed by atoms with van der Waals surface area (Å²) < 4.78 is 15.1. The van der Waals surface area contributed by atoms with E-state index in [0.717, 1.165) is 49.7 Å². The van der Waals surface area contributed by atoms with Crippen LogP contribution in [0.1, 0.15) is 60.5 Å². The van der Waals surface area contributed by atoms with Gasteiger partial charge in [0.15, 0.2) is 0 Å². The average Bonchev–Trinajstić information content (AvgIpc) is 2.85. The van der Waals surface area contributed by atoms with Crippen molar-refractivity contribution < 1.29 is 14.0 Å².